The summed E-state index contributed by atoms with van der Waals surface area (Å²) in [6.45, 7) is 0. The molecule has 0 aliphatic carbocycles. The summed E-state index contributed by atoms with van der Waals surface area (Å²) >= 11 is 0. The second-order valence-corrected chi connectivity index (χ2v) is 5.80. The van der Waals surface area contributed by atoms with Crippen LogP contribution in [0.15, 0.2) is 72.0 Å². The van der Waals surface area contributed by atoms with E-state index in [9.17, 15) is 18.0 Å². The molecule has 2 aromatic heterocycles. The van der Waals surface area contributed by atoms with Gasteiger partial charge in [0.2, 0.25) is 0 Å². The van der Waals surface area contributed by atoms with Crippen molar-refractivity contribution in [1.29, 1.82) is 0 Å². The molecule has 0 saturated heterocycles. The molecule has 0 aliphatic rings. The molecule has 0 amide bonds. The summed E-state index contributed by atoms with van der Waals surface area (Å²) in [7, 11) is 0. The standard InChI is InChI=1S/C19H12F3N3O/c20-19(21,22)16-4-2-1-3-14(16)17-9-12-5-6-13(25-8-7-23-11-25)10-15(12)18(26)24-17/h1-11H,(H,24,26). The lowest BCUT2D eigenvalue weighted by molar-refractivity contribution is -0.137. The highest BCUT2D eigenvalue weighted by Gasteiger charge is 2.33. The number of pyridine rings is 1. The van der Waals surface area contributed by atoms with Crippen LogP contribution in [-0.2, 0) is 6.18 Å². The summed E-state index contributed by atoms with van der Waals surface area (Å²) in [6.07, 6.45) is 0.450. The Bertz CT molecular complexity index is 1140. The maximum absolute atomic E-state index is 13.3. The number of H-pyrrole nitrogens is 1. The van der Waals surface area contributed by atoms with Crippen LogP contribution in [0, 0.1) is 0 Å². The zero-order valence-electron chi connectivity index (χ0n) is 13.3. The van der Waals surface area contributed by atoms with Crippen molar-refractivity contribution in [1.82, 2.24) is 14.5 Å². The van der Waals surface area contributed by atoms with E-state index in [4.69, 9.17) is 0 Å². The summed E-state index contributed by atoms with van der Waals surface area (Å²) in [5.74, 6) is 0. The van der Waals surface area contributed by atoms with Gasteiger partial charge in [-0.2, -0.15) is 13.2 Å². The van der Waals surface area contributed by atoms with Crippen molar-refractivity contribution in [3.63, 3.8) is 0 Å². The lowest BCUT2D eigenvalue weighted by atomic mass is 10.0. The molecule has 4 nitrogen and oxygen atoms in total. The number of alkyl halides is 3. The van der Waals surface area contributed by atoms with Crippen LogP contribution in [0.5, 0.6) is 0 Å². The molecule has 130 valence electrons. The zero-order valence-corrected chi connectivity index (χ0v) is 13.3. The maximum atomic E-state index is 13.3. The molecule has 0 radical (unpaired) electrons. The van der Waals surface area contributed by atoms with E-state index in [2.05, 4.69) is 9.97 Å². The summed E-state index contributed by atoms with van der Waals surface area (Å²) in [4.78, 5) is 19.0. The summed E-state index contributed by atoms with van der Waals surface area (Å²) in [5.41, 5.74) is -0.422. The highest BCUT2D eigenvalue weighted by molar-refractivity contribution is 5.87. The number of aromatic amines is 1. The first-order chi connectivity index (χ1) is 12.4. The molecule has 0 atom stereocenters. The molecule has 7 heteroatoms. The molecule has 0 bridgehead atoms. The van der Waals surface area contributed by atoms with Gasteiger partial charge in [-0.05, 0) is 29.7 Å². The van der Waals surface area contributed by atoms with E-state index in [0.29, 0.717) is 10.8 Å². The average Bonchev–Trinajstić information content (AvgIpc) is 3.15. The number of aromatic nitrogens is 3. The minimum Gasteiger partial charge on any atom is -0.321 e. The second kappa shape index (κ2) is 5.87. The number of rotatable bonds is 2. The Morgan fingerprint density at radius 1 is 1.04 bits per heavy atom. The van der Waals surface area contributed by atoms with Gasteiger partial charge in [-0.3, -0.25) is 4.79 Å². The van der Waals surface area contributed by atoms with Crippen molar-refractivity contribution in [2.45, 2.75) is 6.18 Å². The minimum absolute atomic E-state index is 0.0577. The number of benzene rings is 2. The van der Waals surface area contributed by atoms with Gasteiger partial charge in [0, 0.05) is 34.7 Å². The Hall–Kier alpha value is -3.35. The van der Waals surface area contributed by atoms with E-state index in [1.54, 1.807) is 47.6 Å². The first kappa shape index (κ1) is 16.1. The topological polar surface area (TPSA) is 50.7 Å². The lowest BCUT2D eigenvalue weighted by Gasteiger charge is -2.13. The Balaban J connectivity index is 1.90. The number of nitrogens with zero attached hydrogens (tertiary/aromatic N) is 2. The zero-order chi connectivity index (χ0) is 18.3. The first-order valence-corrected chi connectivity index (χ1v) is 7.75. The second-order valence-electron chi connectivity index (χ2n) is 5.80. The fourth-order valence-electron chi connectivity index (χ4n) is 2.93. The van der Waals surface area contributed by atoms with Crippen LogP contribution in [-0.4, -0.2) is 14.5 Å². The Morgan fingerprint density at radius 2 is 1.85 bits per heavy atom. The molecule has 4 aromatic rings. The van der Waals surface area contributed by atoms with Crippen molar-refractivity contribution in [2.75, 3.05) is 0 Å². The molecular formula is C19H12F3N3O. The van der Waals surface area contributed by atoms with E-state index in [1.807, 2.05) is 0 Å². The quantitative estimate of drug-likeness (QED) is 0.579. The van der Waals surface area contributed by atoms with Crippen LogP contribution in [0.2, 0.25) is 0 Å². The highest BCUT2D eigenvalue weighted by Crippen LogP contribution is 2.36. The number of hydrogen-bond acceptors (Lipinski definition) is 2. The molecule has 0 unspecified atom stereocenters. The highest BCUT2D eigenvalue weighted by atomic mass is 19.4. The van der Waals surface area contributed by atoms with Crippen LogP contribution >= 0.6 is 0 Å². The monoisotopic (exact) mass is 355 g/mol. The number of fused-ring (bicyclic) bond motifs is 1. The van der Waals surface area contributed by atoms with Crippen LogP contribution in [0.4, 0.5) is 13.2 Å². The van der Waals surface area contributed by atoms with Crippen molar-refractivity contribution in [2.24, 2.45) is 0 Å². The predicted molar refractivity (Wildman–Crippen MR) is 92.1 cm³/mol. The predicted octanol–water partition coefficient (Wildman–Crippen LogP) is 4.40. The molecule has 26 heavy (non-hydrogen) atoms. The minimum atomic E-state index is -4.51. The Labute approximate surface area is 145 Å². The largest absolute Gasteiger partial charge is 0.417 e. The smallest absolute Gasteiger partial charge is 0.321 e. The molecule has 4 rings (SSSR count). The third-order valence-corrected chi connectivity index (χ3v) is 4.15. The molecule has 0 fully saturated rings. The Kier molecular flexibility index (Phi) is 3.64. The SMILES string of the molecule is O=c1[nH]c(-c2ccccc2C(F)(F)F)cc2ccc(-n3ccnc3)cc12. The van der Waals surface area contributed by atoms with Crippen molar-refractivity contribution >= 4 is 10.8 Å². The van der Waals surface area contributed by atoms with E-state index < -0.39 is 17.3 Å². The average molecular weight is 355 g/mol. The molecular weight excluding hydrogens is 343 g/mol. The molecule has 1 N–H and O–H groups in total. The molecule has 2 heterocycles. The van der Waals surface area contributed by atoms with E-state index in [0.717, 1.165) is 11.8 Å². The van der Waals surface area contributed by atoms with Gasteiger partial charge in [0.1, 0.15) is 0 Å². The van der Waals surface area contributed by atoms with Crippen molar-refractivity contribution in [3.8, 4) is 16.9 Å². The summed E-state index contributed by atoms with van der Waals surface area (Å²) in [6, 6.07) is 11.9. The third-order valence-electron chi connectivity index (χ3n) is 4.15. The fourth-order valence-corrected chi connectivity index (χ4v) is 2.93. The fraction of sp³-hybridized carbons (Fsp3) is 0.0526. The molecule has 0 spiro atoms. The van der Waals surface area contributed by atoms with Gasteiger partial charge < -0.3 is 9.55 Å². The van der Waals surface area contributed by atoms with Crippen LogP contribution in [0.1, 0.15) is 5.56 Å². The summed E-state index contributed by atoms with van der Waals surface area (Å²) in [5, 5.41) is 0.953. The van der Waals surface area contributed by atoms with Gasteiger partial charge in [-0.25, -0.2) is 4.98 Å². The van der Waals surface area contributed by atoms with Crippen LogP contribution in [0.3, 0.4) is 0 Å². The molecule has 0 saturated carbocycles. The van der Waals surface area contributed by atoms with Gasteiger partial charge in [0.05, 0.1) is 11.9 Å². The van der Waals surface area contributed by atoms with Gasteiger partial charge in [0.15, 0.2) is 0 Å². The van der Waals surface area contributed by atoms with Gasteiger partial charge in [-0.1, -0.05) is 24.3 Å². The van der Waals surface area contributed by atoms with Crippen LogP contribution in [0.25, 0.3) is 27.7 Å². The number of imidazole rings is 1. The van der Waals surface area contributed by atoms with E-state index in [-0.39, 0.29) is 11.3 Å². The van der Waals surface area contributed by atoms with Crippen molar-refractivity contribution in [3.05, 3.63) is 83.2 Å². The van der Waals surface area contributed by atoms with Gasteiger partial charge >= 0.3 is 6.18 Å². The van der Waals surface area contributed by atoms with E-state index in [1.165, 1.54) is 18.2 Å². The van der Waals surface area contributed by atoms with Gasteiger partial charge in [0.25, 0.3) is 5.56 Å². The lowest BCUT2D eigenvalue weighted by Crippen LogP contribution is -2.11. The van der Waals surface area contributed by atoms with E-state index >= 15 is 0 Å². The number of hydrogen-bond donors (Lipinski definition) is 1. The van der Waals surface area contributed by atoms with Gasteiger partial charge in [-0.15, -0.1) is 0 Å². The molecule has 0 aliphatic heterocycles. The van der Waals surface area contributed by atoms with Crippen molar-refractivity contribution < 1.29 is 13.2 Å². The first-order valence-electron chi connectivity index (χ1n) is 7.75. The Morgan fingerprint density at radius 3 is 2.58 bits per heavy atom. The number of halogens is 3. The normalized spacial score (nSPS) is 11.8. The summed E-state index contributed by atoms with van der Waals surface area (Å²) < 4.78 is 41.5. The third kappa shape index (κ3) is 2.77. The van der Waals surface area contributed by atoms with Crippen LogP contribution < -0.4 is 5.56 Å². The number of nitrogens with one attached hydrogen (secondary N) is 1. The maximum Gasteiger partial charge on any atom is 0.417 e. The molecule has 2 aromatic carbocycles.